The first kappa shape index (κ1) is 21.8. The van der Waals surface area contributed by atoms with Gasteiger partial charge < -0.3 is 15.4 Å². The number of hydrogen-bond donors (Lipinski definition) is 1. The molecule has 164 valence electrons. The number of likely N-dealkylation sites (tertiary alicyclic amines) is 1. The first-order valence-electron chi connectivity index (χ1n) is 11.0. The lowest BCUT2D eigenvalue weighted by atomic mass is 10.0. The minimum absolute atomic E-state index is 0.198. The number of amides is 1. The van der Waals surface area contributed by atoms with Crippen molar-refractivity contribution in [3.05, 3.63) is 96.1 Å². The van der Waals surface area contributed by atoms with E-state index in [0.717, 1.165) is 28.7 Å². The van der Waals surface area contributed by atoms with Crippen LogP contribution in [0.5, 0.6) is 0 Å². The number of rotatable bonds is 7. The number of carbonyl (C=O) groups excluding carboxylic acids is 2. The Kier molecular flexibility index (Phi) is 6.97. The fraction of sp³-hybridized carbons (Fsp3) is 0.259. The second-order valence-corrected chi connectivity index (χ2v) is 8.16. The Morgan fingerprint density at radius 1 is 0.875 bits per heavy atom. The van der Waals surface area contributed by atoms with E-state index in [1.54, 1.807) is 4.90 Å². The normalized spacial score (nSPS) is 16.5. The molecule has 1 heterocycles. The van der Waals surface area contributed by atoms with Crippen LogP contribution in [-0.4, -0.2) is 35.4 Å². The third-order valence-corrected chi connectivity index (χ3v) is 5.87. The summed E-state index contributed by atoms with van der Waals surface area (Å²) in [4.78, 5) is 27.2. The smallest absolute Gasteiger partial charge is 0.329 e. The van der Waals surface area contributed by atoms with Gasteiger partial charge in [-0.05, 0) is 41.5 Å². The molecule has 3 aromatic carbocycles. The molecular formula is C27H28N2O3. The van der Waals surface area contributed by atoms with Gasteiger partial charge in [-0.15, -0.1) is 0 Å². The van der Waals surface area contributed by atoms with Crippen LogP contribution >= 0.6 is 0 Å². The number of benzene rings is 3. The number of esters is 1. The second kappa shape index (κ2) is 10.2. The fourth-order valence-electron chi connectivity index (χ4n) is 4.12. The van der Waals surface area contributed by atoms with Gasteiger partial charge in [0, 0.05) is 6.54 Å². The van der Waals surface area contributed by atoms with Gasteiger partial charge in [0.1, 0.15) is 12.6 Å². The van der Waals surface area contributed by atoms with Gasteiger partial charge in [0.25, 0.3) is 0 Å². The van der Waals surface area contributed by atoms with Gasteiger partial charge in [-0.2, -0.15) is 0 Å². The van der Waals surface area contributed by atoms with Crippen LogP contribution in [0.1, 0.15) is 24.0 Å². The Morgan fingerprint density at radius 2 is 1.50 bits per heavy atom. The van der Waals surface area contributed by atoms with Gasteiger partial charge in [-0.1, -0.05) is 84.9 Å². The highest BCUT2D eigenvalue weighted by Gasteiger charge is 2.37. The molecule has 2 atom stereocenters. The number of ether oxygens (including phenoxy) is 1. The first-order chi connectivity index (χ1) is 15.6. The predicted octanol–water partition coefficient (Wildman–Crippen LogP) is 3.96. The van der Waals surface area contributed by atoms with E-state index in [1.807, 2.05) is 72.8 Å². The molecule has 1 aliphatic rings. The Balaban J connectivity index is 1.34. The van der Waals surface area contributed by atoms with Crippen LogP contribution in [0.15, 0.2) is 84.9 Å². The largest absolute Gasteiger partial charge is 0.459 e. The predicted molar refractivity (Wildman–Crippen MR) is 125 cm³/mol. The van der Waals surface area contributed by atoms with Gasteiger partial charge in [0.2, 0.25) is 5.91 Å². The summed E-state index contributed by atoms with van der Waals surface area (Å²) in [6.07, 6.45) is 1.81. The molecular weight excluding hydrogens is 400 g/mol. The minimum Gasteiger partial charge on any atom is -0.459 e. The zero-order valence-electron chi connectivity index (χ0n) is 18.0. The molecule has 1 saturated heterocycles. The van der Waals surface area contributed by atoms with Crippen molar-refractivity contribution in [3.63, 3.8) is 0 Å². The average molecular weight is 429 g/mol. The summed E-state index contributed by atoms with van der Waals surface area (Å²) < 4.78 is 5.47. The van der Waals surface area contributed by atoms with Crippen molar-refractivity contribution < 1.29 is 14.3 Å². The lowest BCUT2D eigenvalue weighted by Gasteiger charge is -2.26. The van der Waals surface area contributed by atoms with Crippen LogP contribution in [0.25, 0.3) is 11.1 Å². The maximum Gasteiger partial charge on any atom is 0.329 e. The Morgan fingerprint density at radius 3 is 2.19 bits per heavy atom. The summed E-state index contributed by atoms with van der Waals surface area (Å²) in [6, 6.07) is 26.5. The lowest BCUT2D eigenvalue weighted by molar-refractivity contribution is -0.154. The van der Waals surface area contributed by atoms with Crippen LogP contribution in [0.4, 0.5) is 0 Å². The highest BCUT2D eigenvalue weighted by molar-refractivity contribution is 5.88. The van der Waals surface area contributed by atoms with Crippen molar-refractivity contribution in [3.8, 4) is 11.1 Å². The molecule has 32 heavy (non-hydrogen) atoms. The summed E-state index contributed by atoms with van der Waals surface area (Å²) in [5.41, 5.74) is 10.4. The van der Waals surface area contributed by atoms with Crippen molar-refractivity contribution in [2.75, 3.05) is 6.54 Å². The van der Waals surface area contributed by atoms with Crippen molar-refractivity contribution in [2.24, 2.45) is 5.73 Å². The second-order valence-electron chi connectivity index (χ2n) is 8.16. The molecule has 1 fully saturated rings. The lowest BCUT2D eigenvalue weighted by Crippen LogP contribution is -2.49. The van der Waals surface area contributed by atoms with Crippen LogP contribution in [-0.2, 0) is 27.4 Å². The maximum atomic E-state index is 13.0. The number of carbonyl (C=O) groups is 2. The van der Waals surface area contributed by atoms with E-state index >= 15 is 0 Å². The van der Waals surface area contributed by atoms with E-state index < -0.39 is 12.1 Å². The molecule has 0 aliphatic carbocycles. The molecule has 0 bridgehead atoms. The SMILES string of the molecule is N[C@@H](Cc1ccc(-c2ccccc2)cc1)C(=O)N1CCC[C@@H]1C(=O)OCc1ccccc1. The molecule has 1 amide bonds. The summed E-state index contributed by atoms with van der Waals surface area (Å²) in [7, 11) is 0. The van der Waals surface area contributed by atoms with Crippen LogP contribution in [0, 0.1) is 0 Å². The first-order valence-corrected chi connectivity index (χ1v) is 11.0. The van der Waals surface area contributed by atoms with Crippen molar-refractivity contribution in [2.45, 2.75) is 38.0 Å². The zero-order chi connectivity index (χ0) is 22.3. The van der Waals surface area contributed by atoms with Crippen molar-refractivity contribution in [1.29, 1.82) is 0 Å². The molecule has 0 radical (unpaired) electrons. The molecule has 0 aromatic heterocycles. The quantitative estimate of drug-likeness (QED) is 0.578. The molecule has 5 nitrogen and oxygen atoms in total. The van der Waals surface area contributed by atoms with E-state index in [0.29, 0.717) is 19.4 Å². The standard InChI is InChI=1S/C27H28N2O3/c28-24(18-20-13-15-23(16-14-20)22-10-5-2-6-11-22)26(30)29-17-7-12-25(29)27(31)32-19-21-8-3-1-4-9-21/h1-6,8-11,13-16,24-25H,7,12,17-19,28H2/t24-,25+/m0/s1. The van der Waals surface area contributed by atoms with Crippen molar-refractivity contribution >= 4 is 11.9 Å². The summed E-state index contributed by atoms with van der Waals surface area (Å²) >= 11 is 0. The topological polar surface area (TPSA) is 72.6 Å². The van der Waals surface area contributed by atoms with Crippen LogP contribution in [0.2, 0.25) is 0 Å². The fourth-order valence-corrected chi connectivity index (χ4v) is 4.12. The van der Waals surface area contributed by atoms with E-state index in [-0.39, 0.29) is 18.5 Å². The van der Waals surface area contributed by atoms with Gasteiger partial charge in [0.05, 0.1) is 6.04 Å². The Labute approximate surface area is 188 Å². The number of nitrogens with zero attached hydrogens (tertiary/aromatic N) is 1. The van der Waals surface area contributed by atoms with Crippen molar-refractivity contribution in [1.82, 2.24) is 4.90 Å². The van der Waals surface area contributed by atoms with Gasteiger partial charge in [-0.3, -0.25) is 4.79 Å². The third-order valence-electron chi connectivity index (χ3n) is 5.87. The molecule has 3 aromatic rings. The zero-order valence-corrected chi connectivity index (χ0v) is 18.0. The monoisotopic (exact) mass is 428 g/mol. The van der Waals surface area contributed by atoms with E-state index in [1.165, 1.54) is 0 Å². The Bertz CT molecular complexity index is 1040. The summed E-state index contributed by atoms with van der Waals surface area (Å²) in [5, 5.41) is 0. The summed E-state index contributed by atoms with van der Waals surface area (Å²) in [5.74, 6) is -0.560. The number of hydrogen-bond acceptors (Lipinski definition) is 4. The average Bonchev–Trinajstić information content (AvgIpc) is 3.34. The molecule has 0 saturated carbocycles. The molecule has 5 heteroatoms. The van der Waals surface area contributed by atoms with Crippen LogP contribution in [0.3, 0.4) is 0 Å². The van der Waals surface area contributed by atoms with Crippen LogP contribution < -0.4 is 5.73 Å². The van der Waals surface area contributed by atoms with Gasteiger partial charge in [-0.25, -0.2) is 4.79 Å². The maximum absolute atomic E-state index is 13.0. The third kappa shape index (κ3) is 5.24. The van der Waals surface area contributed by atoms with Gasteiger partial charge >= 0.3 is 5.97 Å². The Hall–Kier alpha value is -3.44. The van der Waals surface area contributed by atoms with E-state index in [4.69, 9.17) is 10.5 Å². The van der Waals surface area contributed by atoms with E-state index in [2.05, 4.69) is 12.1 Å². The highest BCUT2D eigenvalue weighted by Crippen LogP contribution is 2.22. The molecule has 0 spiro atoms. The number of nitrogens with two attached hydrogens (primary N) is 1. The molecule has 1 aliphatic heterocycles. The molecule has 0 unspecified atom stereocenters. The highest BCUT2D eigenvalue weighted by atomic mass is 16.5. The molecule has 4 rings (SSSR count). The van der Waals surface area contributed by atoms with Gasteiger partial charge in [0.15, 0.2) is 0 Å². The summed E-state index contributed by atoms with van der Waals surface area (Å²) in [6.45, 7) is 0.739. The minimum atomic E-state index is -0.694. The molecule has 2 N–H and O–H groups in total. The van der Waals surface area contributed by atoms with E-state index in [9.17, 15) is 9.59 Å².